The van der Waals surface area contributed by atoms with Crippen LogP contribution in [0.25, 0.3) is 10.9 Å². The van der Waals surface area contributed by atoms with Crippen LogP contribution in [0.1, 0.15) is 24.3 Å². The topological polar surface area (TPSA) is 73.3 Å². The molecule has 23 heavy (non-hydrogen) atoms. The van der Waals surface area contributed by atoms with E-state index < -0.39 is 11.9 Å². The van der Waals surface area contributed by atoms with Crippen molar-refractivity contribution >= 4 is 22.8 Å². The molecule has 1 aliphatic heterocycles. The van der Waals surface area contributed by atoms with Gasteiger partial charge in [0.1, 0.15) is 11.8 Å². The second-order valence-electron chi connectivity index (χ2n) is 5.42. The molecule has 3 rings (SSSR count). The molecule has 1 aliphatic rings. The van der Waals surface area contributed by atoms with Gasteiger partial charge in [0, 0.05) is 24.7 Å². The number of piperidine rings is 1. The maximum Gasteiger partial charge on any atom is 1.00 e. The Kier molecular flexibility index (Phi) is 5.40. The van der Waals surface area contributed by atoms with E-state index in [0.717, 1.165) is 16.5 Å². The van der Waals surface area contributed by atoms with Gasteiger partial charge in [0.25, 0.3) is 5.91 Å². The Morgan fingerprint density at radius 1 is 1.22 bits per heavy atom. The third-order valence-electron chi connectivity index (χ3n) is 4.13. The number of hydrogen-bond donors (Lipinski definition) is 0. The van der Waals surface area contributed by atoms with Crippen LogP contribution in [0.15, 0.2) is 30.5 Å². The summed E-state index contributed by atoms with van der Waals surface area (Å²) in [6.07, 6.45) is 2.96. The van der Waals surface area contributed by atoms with Crippen LogP contribution in [-0.4, -0.2) is 34.8 Å². The summed E-state index contributed by atoms with van der Waals surface area (Å²) in [4.78, 5) is 27.5. The van der Waals surface area contributed by atoms with Gasteiger partial charge in [-0.3, -0.25) is 9.78 Å². The smallest absolute Gasteiger partial charge is 0.540 e. The molecule has 0 saturated carbocycles. The zero-order chi connectivity index (χ0) is 15.7. The number of amides is 1. The summed E-state index contributed by atoms with van der Waals surface area (Å²) >= 11 is 0. The quantitative estimate of drug-likeness (QED) is 0.444. The molecule has 0 spiro atoms. The van der Waals surface area contributed by atoms with Crippen molar-refractivity contribution in [1.29, 1.82) is 0 Å². The average Bonchev–Trinajstić information content (AvgIpc) is 2.53. The van der Waals surface area contributed by atoms with E-state index in [1.807, 2.05) is 6.07 Å². The molecule has 2 aromatic rings. The zero-order valence-corrected chi connectivity index (χ0v) is 12.8. The zero-order valence-electron chi connectivity index (χ0n) is 12.8. The number of rotatable bonds is 1. The number of carboxylic acid groups (broad SMARTS) is 1. The van der Waals surface area contributed by atoms with Gasteiger partial charge in [-0.15, -0.1) is 0 Å². The molecule has 0 radical (unpaired) electrons. The van der Waals surface area contributed by atoms with Crippen LogP contribution < -0.4 is 24.0 Å². The van der Waals surface area contributed by atoms with E-state index in [9.17, 15) is 19.1 Å². The summed E-state index contributed by atoms with van der Waals surface area (Å²) in [6.45, 7) is 0.715. The van der Waals surface area contributed by atoms with Crippen molar-refractivity contribution in [3.63, 3.8) is 0 Å². The van der Waals surface area contributed by atoms with E-state index >= 15 is 0 Å². The van der Waals surface area contributed by atoms with E-state index in [4.69, 9.17) is 0 Å². The van der Waals surface area contributed by atoms with Gasteiger partial charge < -0.3 is 14.8 Å². The normalized spacial score (nSPS) is 15.3. The molecular formula is C16H14FLiN2O3. The third-order valence-corrected chi connectivity index (χ3v) is 4.13. The molecule has 1 saturated heterocycles. The Morgan fingerprint density at radius 2 is 1.91 bits per heavy atom. The summed E-state index contributed by atoms with van der Waals surface area (Å²) in [6, 6.07) is 6.35. The fraction of sp³-hybridized carbons (Fsp3) is 0.312. The van der Waals surface area contributed by atoms with Gasteiger partial charge in [0.2, 0.25) is 0 Å². The first-order valence-corrected chi connectivity index (χ1v) is 7.10. The summed E-state index contributed by atoms with van der Waals surface area (Å²) in [5.74, 6) is -2.80. The largest absolute Gasteiger partial charge is 1.00 e. The molecule has 1 amide bonds. The van der Waals surface area contributed by atoms with Gasteiger partial charge in [0.05, 0.1) is 5.52 Å². The maximum absolute atomic E-state index is 13.5. The summed E-state index contributed by atoms with van der Waals surface area (Å²) in [5.41, 5.74) is 1.72. The van der Waals surface area contributed by atoms with Gasteiger partial charge in [-0.2, -0.15) is 0 Å². The molecule has 1 aromatic carbocycles. The Labute approximate surface area is 144 Å². The summed E-state index contributed by atoms with van der Waals surface area (Å²) in [5, 5.41) is 11.4. The first-order chi connectivity index (χ1) is 10.6. The molecule has 0 unspecified atom stereocenters. The molecule has 0 aliphatic carbocycles. The van der Waals surface area contributed by atoms with E-state index in [1.54, 1.807) is 12.3 Å². The van der Waals surface area contributed by atoms with Crippen molar-refractivity contribution < 1.29 is 37.9 Å². The van der Waals surface area contributed by atoms with Gasteiger partial charge in [0.15, 0.2) is 0 Å². The number of aliphatic carboxylic acids is 1. The van der Waals surface area contributed by atoms with Crippen LogP contribution in [0.5, 0.6) is 0 Å². The Balaban J connectivity index is 0.00000192. The van der Waals surface area contributed by atoms with Crippen LogP contribution in [-0.2, 0) is 9.59 Å². The van der Waals surface area contributed by atoms with Crippen LogP contribution in [0.2, 0.25) is 0 Å². The average molecular weight is 308 g/mol. The predicted octanol–water partition coefficient (Wildman–Crippen LogP) is -2.17. The molecule has 1 aromatic heterocycles. The molecular weight excluding hydrogens is 294 g/mol. The monoisotopic (exact) mass is 308 g/mol. The van der Waals surface area contributed by atoms with E-state index in [0.29, 0.717) is 25.9 Å². The molecule has 0 N–H and O–H groups in total. The van der Waals surface area contributed by atoms with E-state index in [-0.39, 0.29) is 30.6 Å². The fourth-order valence-corrected chi connectivity index (χ4v) is 3.02. The Bertz CT molecular complexity index is 745. The molecule has 0 bridgehead atoms. The van der Waals surface area contributed by atoms with Crippen molar-refractivity contribution in [3.8, 4) is 0 Å². The fourth-order valence-electron chi connectivity index (χ4n) is 3.02. The molecule has 0 atom stereocenters. The number of hydrogen-bond acceptors (Lipinski definition) is 4. The number of fused-ring (bicyclic) bond motifs is 1. The van der Waals surface area contributed by atoms with Gasteiger partial charge in [-0.25, -0.2) is 4.39 Å². The molecule has 5 nitrogen and oxygen atoms in total. The summed E-state index contributed by atoms with van der Waals surface area (Å²) in [7, 11) is 0. The molecule has 1 fully saturated rings. The van der Waals surface area contributed by atoms with Crippen LogP contribution in [0.3, 0.4) is 0 Å². The minimum absolute atomic E-state index is 0. The number of likely N-dealkylation sites (tertiary alicyclic amines) is 1. The van der Waals surface area contributed by atoms with Crippen LogP contribution >= 0.6 is 0 Å². The second-order valence-corrected chi connectivity index (χ2v) is 5.42. The van der Waals surface area contributed by atoms with Crippen LogP contribution in [0.4, 0.5) is 4.39 Å². The number of halogens is 1. The third kappa shape index (κ3) is 3.54. The number of carbonyl (C=O) groups is 2. The van der Waals surface area contributed by atoms with Crippen LogP contribution in [0, 0.1) is 5.82 Å². The number of benzene rings is 1. The molecule has 2 heterocycles. The SMILES string of the molecule is O=C([O-])C(=O)N1CCC(c2ccnc3ccc(F)cc23)CC1.[Li+]. The van der Waals surface area contributed by atoms with Crippen molar-refractivity contribution in [2.45, 2.75) is 18.8 Å². The van der Waals surface area contributed by atoms with E-state index in [2.05, 4.69) is 4.98 Å². The van der Waals surface area contributed by atoms with E-state index in [1.165, 1.54) is 17.0 Å². The predicted molar refractivity (Wildman–Crippen MR) is 75.3 cm³/mol. The number of carbonyl (C=O) groups excluding carboxylic acids is 2. The van der Waals surface area contributed by atoms with Crippen molar-refractivity contribution in [2.24, 2.45) is 0 Å². The first-order valence-electron chi connectivity index (χ1n) is 7.10. The number of carboxylic acids is 1. The van der Waals surface area contributed by atoms with Crippen molar-refractivity contribution in [1.82, 2.24) is 9.88 Å². The minimum Gasteiger partial charge on any atom is -0.540 e. The number of nitrogens with zero attached hydrogens (tertiary/aromatic N) is 2. The molecule has 114 valence electrons. The minimum atomic E-state index is -1.67. The van der Waals surface area contributed by atoms with Crippen molar-refractivity contribution in [2.75, 3.05) is 13.1 Å². The Hall–Kier alpha value is -1.90. The number of pyridine rings is 1. The van der Waals surface area contributed by atoms with Gasteiger partial charge >= 0.3 is 18.9 Å². The van der Waals surface area contributed by atoms with Crippen molar-refractivity contribution in [3.05, 3.63) is 41.8 Å². The van der Waals surface area contributed by atoms with Gasteiger partial charge in [-0.1, -0.05) is 0 Å². The standard InChI is InChI=1S/C16H15FN2O3.Li/c17-11-1-2-14-13(9-11)12(3-6-18-14)10-4-7-19(8-5-10)15(20)16(21)22;/h1-3,6,9-10H,4-5,7-8H2,(H,21,22);/q;+1/p-1. The van der Waals surface area contributed by atoms with Gasteiger partial charge in [-0.05, 0) is 48.6 Å². The maximum atomic E-state index is 13.5. The second kappa shape index (κ2) is 7.11. The first kappa shape index (κ1) is 17.5. The molecule has 7 heteroatoms. The Morgan fingerprint density at radius 3 is 2.57 bits per heavy atom. The number of aromatic nitrogens is 1. The summed E-state index contributed by atoms with van der Waals surface area (Å²) < 4.78 is 13.5.